The third-order valence-electron chi connectivity index (χ3n) is 4.28. The fraction of sp³-hybridized carbons (Fsp3) is 0.882. The lowest BCUT2D eigenvalue weighted by molar-refractivity contribution is -0.168. The molecule has 0 aromatic heterocycles. The van der Waals surface area contributed by atoms with Crippen molar-refractivity contribution in [1.82, 2.24) is 10.2 Å². The molecule has 0 spiro atoms. The molecule has 0 radical (unpaired) electrons. The Labute approximate surface area is 144 Å². The number of carbonyl (C=O) groups is 2. The number of rotatable bonds is 6. The number of esters is 1. The first-order valence-electron chi connectivity index (χ1n) is 8.75. The molecule has 2 rings (SSSR count). The molecule has 138 valence electrons. The number of ether oxygens (including phenoxy) is 3. The highest BCUT2D eigenvalue weighted by atomic mass is 16.6. The van der Waals surface area contributed by atoms with Crippen LogP contribution in [0.2, 0.25) is 0 Å². The highest BCUT2D eigenvalue weighted by Crippen LogP contribution is 2.33. The van der Waals surface area contributed by atoms with E-state index in [-0.39, 0.29) is 17.6 Å². The smallest absolute Gasteiger partial charge is 0.407 e. The number of hydrogen-bond donors (Lipinski definition) is 1. The molecule has 1 atom stereocenters. The first-order chi connectivity index (χ1) is 11.3. The van der Waals surface area contributed by atoms with E-state index in [0.717, 1.165) is 25.8 Å². The molecule has 2 saturated heterocycles. The van der Waals surface area contributed by atoms with Gasteiger partial charge in [-0.1, -0.05) is 6.92 Å². The summed E-state index contributed by atoms with van der Waals surface area (Å²) in [6.07, 6.45) is 2.10. The van der Waals surface area contributed by atoms with Crippen LogP contribution in [0, 0.1) is 0 Å². The third-order valence-corrected chi connectivity index (χ3v) is 4.28. The SMILES string of the molecule is CCCOC(=O)[C@@H]1CCCN1C1(CNC(=O)OC(C)(C)C)COC1. The molecule has 0 unspecified atom stereocenters. The minimum absolute atomic E-state index is 0.169. The van der Waals surface area contributed by atoms with Crippen molar-refractivity contribution in [2.45, 2.75) is 64.1 Å². The first kappa shape index (κ1) is 19.0. The van der Waals surface area contributed by atoms with Gasteiger partial charge < -0.3 is 19.5 Å². The van der Waals surface area contributed by atoms with Gasteiger partial charge in [-0.2, -0.15) is 0 Å². The summed E-state index contributed by atoms with van der Waals surface area (Å²) in [7, 11) is 0. The van der Waals surface area contributed by atoms with E-state index in [2.05, 4.69) is 10.2 Å². The summed E-state index contributed by atoms with van der Waals surface area (Å²) in [5.41, 5.74) is -0.878. The average Bonchev–Trinajstić information content (AvgIpc) is 2.91. The summed E-state index contributed by atoms with van der Waals surface area (Å²) in [6, 6.07) is -0.249. The van der Waals surface area contributed by atoms with Gasteiger partial charge in [0.15, 0.2) is 0 Å². The maximum Gasteiger partial charge on any atom is 0.407 e. The number of nitrogens with one attached hydrogen (secondary N) is 1. The predicted octanol–water partition coefficient (Wildman–Crippen LogP) is 1.70. The van der Waals surface area contributed by atoms with Gasteiger partial charge in [0.1, 0.15) is 11.6 Å². The van der Waals surface area contributed by atoms with E-state index in [1.54, 1.807) is 0 Å². The van der Waals surface area contributed by atoms with Crippen LogP contribution in [0.5, 0.6) is 0 Å². The Morgan fingerprint density at radius 2 is 2.04 bits per heavy atom. The van der Waals surface area contributed by atoms with E-state index >= 15 is 0 Å². The third kappa shape index (κ3) is 4.60. The quantitative estimate of drug-likeness (QED) is 0.740. The van der Waals surface area contributed by atoms with Crippen molar-refractivity contribution in [2.75, 3.05) is 32.9 Å². The Bertz CT molecular complexity index is 456. The van der Waals surface area contributed by atoms with Crippen LogP contribution in [0.25, 0.3) is 0 Å². The maximum absolute atomic E-state index is 12.3. The summed E-state index contributed by atoms with van der Waals surface area (Å²) >= 11 is 0. The summed E-state index contributed by atoms with van der Waals surface area (Å²) in [5, 5.41) is 2.83. The zero-order chi connectivity index (χ0) is 17.8. The van der Waals surface area contributed by atoms with Crippen molar-refractivity contribution in [3.8, 4) is 0 Å². The lowest BCUT2D eigenvalue weighted by Gasteiger charge is -2.49. The zero-order valence-electron chi connectivity index (χ0n) is 15.2. The van der Waals surface area contributed by atoms with Crippen molar-refractivity contribution in [3.05, 3.63) is 0 Å². The molecule has 2 fully saturated rings. The lowest BCUT2D eigenvalue weighted by Crippen LogP contribution is -2.69. The Kier molecular flexibility index (Phi) is 6.09. The van der Waals surface area contributed by atoms with Crippen molar-refractivity contribution in [1.29, 1.82) is 0 Å². The fourth-order valence-corrected chi connectivity index (χ4v) is 3.14. The van der Waals surface area contributed by atoms with Gasteiger partial charge in [0.2, 0.25) is 0 Å². The van der Waals surface area contributed by atoms with E-state index in [1.807, 2.05) is 27.7 Å². The van der Waals surface area contributed by atoms with Crippen molar-refractivity contribution in [3.63, 3.8) is 0 Å². The van der Waals surface area contributed by atoms with E-state index < -0.39 is 11.7 Å². The van der Waals surface area contributed by atoms with Crippen LogP contribution in [0.15, 0.2) is 0 Å². The van der Waals surface area contributed by atoms with Crippen molar-refractivity contribution >= 4 is 12.1 Å². The molecule has 7 nitrogen and oxygen atoms in total. The highest BCUT2D eigenvalue weighted by molar-refractivity contribution is 5.76. The molecular weight excluding hydrogens is 312 g/mol. The van der Waals surface area contributed by atoms with Crippen LogP contribution in [0.1, 0.15) is 47.0 Å². The van der Waals surface area contributed by atoms with Gasteiger partial charge >= 0.3 is 12.1 Å². The summed E-state index contributed by atoms with van der Waals surface area (Å²) in [5.74, 6) is -0.169. The average molecular weight is 342 g/mol. The number of likely N-dealkylation sites (tertiary alicyclic amines) is 1. The highest BCUT2D eigenvalue weighted by Gasteiger charge is 2.50. The summed E-state index contributed by atoms with van der Waals surface area (Å²) < 4.78 is 16.0. The molecule has 2 aliphatic rings. The molecule has 0 aromatic carbocycles. The second-order valence-corrected chi connectivity index (χ2v) is 7.59. The number of alkyl carbamates (subject to hydrolysis) is 1. The van der Waals surface area contributed by atoms with Crippen LogP contribution in [-0.2, 0) is 19.0 Å². The van der Waals surface area contributed by atoms with Gasteiger partial charge in [-0.15, -0.1) is 0 Å². The standard InChI is InChI=1S/C17H30N2O5/c1-5-9-23-14(20)13-7-6-8-19(13)17(11-22-12-17)10-18-15(21)24-16(2,3)4/h13H,5-12H2,1-4H3,(H,18,21)/t13-/m0/s1. The summed E-state index contributed by atoms with van der Waals surface area (Å²) in [6.45, 7) is 10.1. The second-order valence-electron chi connectivity index (χ2n) is 7.59. The van der Waals surface area contributed by atoms with Crippen LogP contribution >= 0.6 is 0 Å². The summed E-state index contributed by atoms with van der Waals surface area (Å²) in [4.78, 5) is 26.4. The first-order valence-corrected chi connectivity index (χ1v) is 8.75. The van der Waals surface area contributed by atoms with Crippen LogP contribution in [-0.4, -0.2) is 67.1 Å². The van der Waals surface area contributed by atoms with Crippen molar-refractivity contribution < 1.29 is 23.8 Å². The second kappa shape index (κ2) is 7.70. The molecule has 2 aliphatic heterocycles. The van der Waals surface area contributed by atoms with Gasteiger partial charge in [0.05, 0.1) is 25.4 Å². The van der Waals surface area contributed by atoms with Gasteiger partial charge in [0, 0.05) is 6.54 Å². The molecule has 2 heterocycles. The normalized spacial score (nSPS) is 23.4. The fourth-order valence-electron chi connectivity index (χ4n) is 3.14. The Balaban J connectivity index is 1.95. The minimum atomic E-state index is -0.534. The van der Waals surface area contributed by atoms with E-state index in [0.29, 0.717) is 26.4 Å². The topological polar surface area (TPSA) is 77.1 Å². The van der Waals surface area contributed by atoms with Gasteiger partial charge in [-0.3, -0.25) is 9.69 Å². The molecule has 1 amide bonds. The Morgan fingerprint density at radius 1 is 1.33 bits per heavy atom. The van der Waals surface area contributed by atoms with Gasteiger partial charge in [-0.05, 0) is 46.6 Å². The van der Waals surface area contributed by atoms with Gasteiger partial charge in [0.25, 0.3) is 0 Å². The van der Waals surface area contributed by atoms with E-state index in [9.17, 15) is 9.59 Å². The number of amides is 1. The molecule has 0 bridgehead atoms. The van der Waals surface area contributed by atoms with Crippen LogP contribution in [0.3, 0.4) is 0 Å². The molecular formula is C17H30N2O5. The molecule has 0 saturated carbocycles. The van der Waals surface area contributed by atoms with E-state index in [1.165, 1.54) is 0 Å². The predicted molar refractivity (Wildman–Crippen MR) is 88.8 cm³/mol. The molecule has 0 aromatic rings. The van der Waals surface area contributed by atoms with Crippen molar-refractivity contribution in [2.24, 2.45) is 0 Å². The molecule has 24 heavy (non-hydrogen) atoms. The number of carbonyl (C=O) groups excluding carboxylic acids is 2. The van der Waals surface area contributed by atoms with Gasteiger partial charge in [-0.25, -0.2) is 4.79 Å². The minimum Gasteiger partial charge on any atom is -0.465 e. The molecule has 7 heteroatoms. The number of nitrogens with zero attached hydrogens (tertiary/aromatic N) is 1. The monoisotopic (exact) mass is 342 g/mol. The Hall–Kier alpha value is -1.34. The Morgan fingerprint density at radius 3 is 2.58 bits per heavy atom. The number of hydrogen-bond acceptors (Lipinski definition) is 6. The van der Waals surface area contributed by atoms with Crippen LogP contribution in [0.4, 0.5) is 4.79 Å². The maximum atomic E-state index is 12.3. The molecule has 0 aliphatic carbocycles. The molecule has 1 N–H and O–H groups in total. The lowest BCUT2D eigenvalue weighted by atomic mass is 9.93. The van der Waals surface area contributed by atoms with Crippen LogP contribution < -0.4 is 5.32 Å². The largest absolute Gasteiger partial charge is 0.465 e. The zero-order valence-corrected chi connectivity index (χ0v) is 15.2. The van der Waals surface area contributed by atoms with E-state index in [4.69, 9.17) is 14.2 Å².